The van der Waals surface area contributed by atoms with Crippen LogP contribution in [-0.2, 0) is 10.0 Å². The van der Waals surface area contributed by atoms with Crippen LogP contribution in [0.15, 0.2) is 38.4 Å². The van der Waals surface area contributed by atoms with Crippen LogP contribution in [0.2, 0.25) is 39.3 Å². The summed E-state index contributed by atoms with van der Waals surface area (Å²) in [5.41, 5.74) is 6.57. The molecule has 0 saturated heterocycles. The number of hydrogen-bond donors (Lipinski definition) is 0. The van der Waals surface area contributed by atoms with Crippen LogP contribution in [0.25, 0.3) is 0 Å². The van der Waals surface area contributed by atoms with Crippen LogP contribution < -0.4 is 0 Å². The number of nitrogens with zero attached hydrogens (tertiary/aromatic N) is 1. The maximum Gasteiger partial charge on any atom is 0.244 e. The van der Waals surface area contributed by atoms with E-state index < -0.39 is 26.2 Å². The van der Waals surface area contributed by atoms with Crippen molar-refractivity contribution in [2.75, 3.05) is 13.1 Å². The SMILES string of the molecule is Cc1ccc(S(=O)(=O)N(CC#C[Si](C)(C)C)C/C(I)=C/[Si](C)(C)C)cc1. The summed E-state index contributed by atoms with van der Waals surface area (Å²) in [6.45, 7) is 15.8. The third kappa shape index (κ3) is 8.52. The number of benzene rings is 1. The van der Waals surface area contributed by atoms with Gasteiger partial charge in [-0.15, -0.1) is 5.54 Å². The first-order valence-electron chi connectivity index (χ1n) is 8.65. The van der Waals surface area contributed by atoms with Crippen molar-refractivity contribution >= 4 is 48.8 Å². The van der Waals surface area contributed by atoms with Crippen LogP contribution >= 0.6 is 22.6 Å². The normalized spacial score (nSPS) is 13.5. The van der Waals surface area contributed by atoms with E-state index >= 15 is 0 Å². The summed E-state index contributed by atoms with van der Waals surface area (Å²) in [6.07, 6.45) is 0. The first kappa shape index (κ1) is 23.6. The second-order valence-electron chi connectivity index (χ2n) is 8.60. The van der Waals surface area contributed by atoms with Gasteiger partial charge in [-0.2, -0.15) is 4.31 Å². The molecule has 0 aliphatic carbocycles. The fraction of sp³-hybridized carbons (Fsp3) is 0.474. The fourth-order valence-corrected chi connectivity index (χ4v) is 8.57. The second kappa shape index (κ2) is 9.19. The molecule has 0 aromatic heterocycles. The second-order valence-corrected chi connectivity index (χ2v) is 21.7. The van der Waals surface area contributed by atoms with Gasteiger partial charge in [0.05, 0.1) is 19.5 Å². The Morgan fingerprint density at radius 2 is 1.65 bits per heavy atom. The Morgan fingerprint density at radius 1 is 1.12 bits per heavy atom. The average Bonchev–Trinajstić information content (AvgIpc) is 2.43. The molecule has 0 amide bonds. The third-order valence-corrected chi connectivity index (χ3v) is 8.48. The van der Waals surface area contributed by atoms with E-state index in [2.05, 4.69) is 79.0 Å². The van der Waals surface area contributed by atoms with Crippen LogP contribution in [0.1, 0.15) is 5.56 Å². The van der Waals surface area contributed by atoms with Crippen molar-refractivity contribution < 1.29 is 8.42 Å². The molecule has 0 N–H and O–H groups in total. The molecule has 0 spiro atoms. The molecular weight excluding hydrogens is 489 g/mol. The molecular formula is C19H30INO2SSi2. The maximum atomic E-state index is 13.2. The smallest absolute Gasteiger partial charge is 0.207 e. The number of sulfonamides is 1. The summed E-state index contributed by atoms with van der Waals surface area (Å²) >= 11 is 2.26. The highest BCUT2D eigenvalue weighted by Gasteiger charge is 2.25. The molecule has 1 rings (SSSR count). The Bertz CT molecular complexity index is 808. The summed E-state index contributed by atoms with van der Waals surface area (Å²) in [5.74, 6) is 3.12. The largest absolute Gasteiger partial charge is 0.244 e. The molecule has 0 saturated carbocycles. The van der Waals surface area contributed by atoms with Gasteiger partial charge in [0.2, 0.25) is 10.0 Å². The van der Waals surface area contributed by atoms with Crippen molar-refractivity contribution in [1.29, 1.82) is 0 Å². The Labute approximate surface area is 175 Å². The highest BCUT2D eigenvalue weighted by Crippen LogP contribution is 2.21. The van der Waals surface area contributed by atoms with Gasteiger partial charge in [0, 0.05) is 6.54 Å². The summed E-state index contributed by atoms with van der Waals surface area (Å²) in [6, 6.07) is 7.03. The first-order valence-corrected chi connectivity index (χ1v) is 18.2. The quantitative estimate of drug-likeness (QED) is 0.299. The maximum absolute atomic E-state index is 13.2. The van der Waals surface area contributed by atoms with Gasteiger partial charge in [-0.3, -0.25) is 0 Å². The Hall–Kier alpha value is -0.406. The number of halogens is 1. The highest BCUT2D eigenvalue weighted by molar-refractivity contribution is 14.1. The van der Waals surface area contributed by atoms with Crippen LogP contribution in [0, 0.1) is 18.4 Å². The van der Waals surface area contributed by atoms with E-state index in [0.29, 0.717) is 11.4 Å². The van der Waals surface area contributed by atoms with Crippen molar-refractivity contribution in [3.05, 3.63) is 39.1 Å². The lowest BCUT2D eigenvalue weighted by molar-refractivity contribution is 0.477. The van der Waals surface area contributed by atoms with E-state index in [4.69, 9.17) is 0 Å². The topological polar surface area (TPSA) is 37.4 Å². The van der Waals surface area contributed by atoms with Crippen molar-refractivity contribution in [2.45, 2.75) is 51.1 Å². The van der Waals surface area contributed by atoms with E-state index in [-0.39, 0.29) is 6.54 Å². The van der Waals surface area contributed by atoms with E-state index in [1.54, 1.807) is 12.1 Å². The molecule has 0 radical (unpaired) electrons. The lowest BCUT2D eigenvalue weighted by atomic mass is 10.2. The lowest BCUT2D eigenvalue weighted by Gasteiger charge is -2.21. The predicted molar refractivity (Wildman–Crippen MR) is 127 cm³/mol. The van der Waals surface area contributed by atoms with Gasteiger partial charge < -0.3 is 0 Å². The Kier molecular flexibility index (Phi) is 8.35. The summed E-state index contributed by atoms with van der Waals surface area (Å²) in [4.78, 5) is 0.329. The molecule has 1 aromatic carbocycles. The Morgan fingerprint density at radius 3 is 2.12 bits per heavy atom. The number of hydrogen-bond acceptors (Lipinski definition) is 2. The molecule has 7 heteroatoms. The fourth-order valence-electron chi connectivity index (χ4n) is 2.16. The van der Waals surface area contributed by atoms with Crippen LogP contribution in [0.4, 0.5) is 0 Å². The molecule has 0 fully saturated rings. The van der Waals surface area contributed by atoms with Crippen molar-refractivity contribution in [3.63, 3.8) is 0 Å². The van der Waals surface area contributed by atoms with E-state index in [0.717, 1.165) is 9.14 Å². The predicted octanol–water partition coefficient (Wildman–Crippen LogP) is 5.06. The number of rotatable bonds is 6. The molecule has 0 aliphatic rings. The van der Waals surface area contributed by atoms with Gasteiger partial charge in [0.1, 0.15) is 8.07 Å². The van der Waals surface area contributed by atoms with Gasteiger partial charge in [0.15, 0.2) is 0 Å². The first-order chi connectivity index (χ1) is 11.7. The highest BCUT2D eigenvalue weighted by atomic mass is 127. The number of aryl methyl sites for hydroxylation is 1. The Balaban J connectivity index is 3.23. The minimum Gasteiger partial charge on any atom is -0.207 e. The van der Waals surface area contributed by atoms with Gasteiger partial charge in [-0.25, -0.2) is 8.42 Å². The summed E-state index contributed by atoms with van der Waals surface area (Å²) < 4.78 is 28.9. The van der Waals surface area contributed by atoms with Crippen LogP contribution in [0.3, 0.4) is 0 Å². The minimum absolute atomic E-state index is 0.229. The molecule has 26 heavy (non-hydrogen) atoms. The van der Waals surface area contributed by atoms with Gasteiger partial charge >= 0.3 is 0 Å². The van der Waals surface area contributed by atoms with Gasteiger partial charge in [-0.1, -0.05) is 68.6 Å². The molecule has 0 heterocycles. The average molecular weight is 520 g/mol. The molecule has 0 aliphatic heterocycles. The van der Waals surface area contributed by atoms with Crippen molar-refractivity contribution in [2.24, 2.45) is 0 Å². The molecule has 0 bridgehead atoms. The zero-order valence-electron chi connectivity index (χ0n) is 16.9. The van der Waals surface area contributed by atoms with Crippen LogP contribution in [-0.4, -0.2) is 42.0 Å². The third-order valence-electron chi connectivity index (χ3n) is 3.29. The summed E-state index contributed by atoms with van der Waals surface area (Å²) in [5, 5.41) is 0. The van der Waals surface area contributed by atoms with E-state index in [1.165, 1.54) is 4.31 Å². The zero-order valence-corrected chi connectivity index (χ0v) is 21.8. The van der Waals surface area contributed by atoms with Crippen molar-refractivity contribution in [3.8, 4) is 11.5 Å². The standard InChI is InChI=1S/C19H30INO2SSi2/c1-17-9-11-19(12-10-17)24(22,23)21(13-8-14-25(2,3)4)15-18(20)16-26(5,6)7/h9-12,16H,13,15H2,1-7H3/b18-16-. The molecule has 3 nitrogen and oxygen atoms in total. The minimum atomic E-state index is -3.57. The van der Waals surface area contributed by atoms with Crippen molar-refractivity contribution in [1.82, 2.24) is 4.31 Å². The van der Waals surface area contributed by atoms with Gasteiger partial charge in [-0.05, 0) is 45.2 Å². The molecule has 0 atom stereocenters. The van der Waals surface area contributed by atoms with Gasteiger partial charge in [0.25, 0.3) is 0 Å². The molecule has 0 unspecified atom stereocenters. The summed E-state index contributed by atoms with van der Waals surface area (Å²) in [7, 11) is -6.52. The monoisotopic (exact) mass is 519 g/mol. The molecule has 144 valence electrons. The van der Waals surface area contributed by atoms with Crippen LogP contribution in [0.5, 0.6) is 0 Å². The lowest BCUT2D eigenvalue weighted by Crippen LogP contribution is -2.33. The zero-order chi connectivity index (χ0) is 20.2. The van der Waals surface area contributed by atoms with E-state index in [1.807, 2.05) is 19.1 Å². The molecule has 1 aromatic rings. The van der Waals surface area contributed by atoms with E-state index in [9.17, 15) is 8.42 Å².